The highest BCUT2D eigenvalue weighted by Gasteiger charge is 2.35. The summed E-state index contributed by atoms with van der Waals surface area (Å²) in [5.74, 6) is -1.79. The zero-order chi connectivity index (χ0) is 27.9. The molecule has 39 heavy (non-hydrogen) atoms. The Morgan fingerprint density at radius 2 is 1.67 bits per heavy atom. The van der Waals surface area contributed by atoms with Crippen LogP contribution in [0.25, 0.3) is 0 Å². The first-order valence-electron chi connectivity index (χ1n) is 13.2. The van der Waals surface area contributed by atoms with Gasteiger partial charge in [-0.2, -0.15) is 0 Å². The van der Waals surface area contributed by atoms with Crippen molar-refractivity contribution >= 4 is 41.0 Å². The first-order valence-corrected chi connectivity index (χ1v) is 13.9. The molecular weight excluding hydrogens is 535 g/mol. The van der Waals surface area contributed by atoms with E-state index in [1.807, 2.05) is 59.5 Å². The third kappa shape index (κ3) is 7.00. The van der Waals surface area contributed by atoms with Gasteiger partial charge in [0.05, 0.1) is 12.3 Å². The lowest BCUT2D eigenvalue weighted by atomic mass is 9.77. The van der Waals surface area contributed by atoms with Gasteiger partial charge in [0.15, 0.2) is 0 Å². The third-order valence-corrected chi connectivity index (χ3v) is 7.85. The zero-order valence-electron chi connectivity index (χ0n) is 21.8. The summed E-state index contributed by atoms with van der Waals surface area (Å²) in [6.45, 7) is 3.26. The Kier molecular flexibility index (Phi) is 9.65. The predicted octanol–water partition coefficient (Wildman–Crippen LogP) is 6.45. The van der Waals surface area contributed by atoms with Crippen molar-refractivity contribution < 1.29 is 19.5 Å². The molecule has 3 aromatic rings. The van der Waals surface area contributed by atoms with Gasteiger partial charge in [-0.25, -0.2) is 0 Å². The molecule has 0 saturated carbocycles. The van der Waals surface area contributed by atoms with Crippen LogP contribution in [0, 0.1) is 0 Å². The SMILES string of the molecule is CCCC(c1ccc(C(=O)NCCC(=O)O)cc1)C(C(=O)N1CCc2c(Cl)cccc2C1)c1ccc(Cl)cc1. The predicted molar refractivity (Wildman–Crippen MR) is 153 cm³/mol. The largest absolute Gasteiger partial charge is 0.481 e. The molecule has 0 bridgehead atoms. The number of hydrogen-bond donors (Lipinski definition) is 2. The average Bonchev–Trinajstić information content (AvgIpc) is 2.93. The van der Waals surface area contributed by atoms with Gasteiger partial charge in [-0.15, -0.1) is 0 Å². The number of carboxylic acids is 1. The van der Waals surface area contributed by atoms with Gasteiger partial charge in [-0.1, -0.05) is 72.9 Å². The lowest BCUT2D eigenvalue weighted by Crippen LogP contribution is -2.40. The van der Waals surface area contributed by atoms with E-state index in [9.17, 15) is 14.4 Å². The summed E-state index contributed by atoms with van der Waals surface area (Å²) in [5.41, 5.74) is 4.48. The van der Waals surface area contributed by atoms with Gasteiger partial charge >= 0.3 is 5.97 Å². The maximum absolute atomic E-state index is 14.3. The molecule has 0 radical (unpaired) electrons. The lowest BCUT2D eigenvalue weighted by molar-refractivity contribution is -0.137. The van der Waals surface area contributed by atoms with Crippen molar-refractivity contribution in [3.8, 4) is 0 Å². The van der Waals surface area contributed by atoms with E-state index in [1.165, 1.54) is 0 Å². The van der Waals surface area contributed by atoms with E-state index in [0.29, 0.717) is 30.1 Å². The highest BCUT2D eigenvalue weighted by Crippen LogP contribution is 2.40. The molecule has 1 aliphatic heterocycles. The molecule has 2 amide bonds. The molecule has 2 N–H and O–H groups in total. The molecule has 0 fully saturated rings. The van der Waals surface area contributed by atoms with E-state index >= 15 is 0 Å². The summed E-state index contributed by atoms with van der Waals surface area (Å²) in [4.78, 5) is 39.4. The van der Waals surface area contributed by atoms with E-state index in [1.54, 1.807) is 12.1 Å². The summed E-state index contributed by atoms with van der Waals surface area (Å²) in [7, 11) is 0. The zero-order valence-corrected chi connectivity index (χ0v) is 23.3. The van der Waals surface area contributed by atoms with Crippen LogP contribution in [-0.2, 0) is 22.6 Å². The first-order chi connectivity index (χ1) is 18.8. The molecule has 1 aliphatic rings. The number of aliphatic carboxylic acids is 1. The van der Waals surface area contributed by atoms with Crippen molar-refractivity contribution in [1.82, 2.24) is 10.2 Å². The number of halogens is 2. The topological polar surface area (TPSA) is 86.7 Å². The number of nitrogens with one attached hydrogen (secondary N) is 1. The van der Waals surface area contributed by atoms with Crippen molar-refractivity contribution in [2.45, 2.75) is 51.0 Å². The van der Waals surface area contributed by atoms with Gasteiger partial charge in [0, 0.05) is 35.2 Å². The highest BCUT2D eigenvalue weighted by atomic mass is 35.5. The van der Waals surface area contributed by atoms with Gasteiger partial charge in [0.25, 0.3) is 5.91 Å². The number of carboxylic acid groups (broad SMARTS) is 1. The van der Waals surface area contributed by atoms with Crippen LogP contribution in [0.4, 0.5) is 0 Å². The monoisotopic (exact) mass is 566 g/mol. The second-order valence-electron chi connectivity index (χ2n) is 9.83. The Balaban J connectivity index is 1.63. The van der Waals surface area contributed by atoms with Crippen molar-refractivity contribution in [2.75, 3.05) is 13.1 Å². The molecule has 1 heterocycles. The number of carbonyl (C=O) groups is 3. The minimum absolute atomic E-state index is 0.0527. The Morgan fingerprint density at radius 1 is 0.974 bits per heavy atom. The fourth-order valence-electron chi connectivity index (χ4n) is 5.27. The fraction of sp³-hybridized carbons (Fsp3) is 0.323. The van der Waals surface area contributed by atoms with Gasteiger partial charge < -0.3 is 15.3 Å². The van der Waals surface area contributed by atoms with Crippen LogP contribution in [0.2, 0.25) is 10.0 Å². The smallest absolute Gasteiger partial charge is 0.305 e. The number of amides is 2. The summed E-state index contributed by atoms with van der Waals surface area (Å²) < 4.78 is 0. The molecule has 0 aliphatic carbocycles. The van der Waals surface area contributed by atoms with E-state index in [2.05, 4.69) is 12.2 Å². The number of hydrogen-bond acceptors (Lipinski definition) is 3. The van der Waals surface area contributed by atoms with Gasteiger partial charge in [0.2, 0.25) is 5.91 Å². The number of rotatable bonds is 10. The van der Waals surface area contributed by atoms with Gasteiger partial charge in [0.1, 0.15) is 0 Å². The van der Waals surface area contributed by atoms with Crippen LogP contribution < -0.4 is 5.32 Å². The molecule has 0 saturated heterocycles. The van der Waals surface area contributed by atoms with Gasteiger partial charge in [-0.3, -0.25) is 14.4 Å². The molecule has 2 atom stereocenters. The molecule has 0 aromatic heterocycles. The number of carbonyl (C=O) groups excluding carboxylic acids is 2. The second-order valence-corrected chi connectivity index (χ2v) is 10.7. The molecule has 0 spiro atoms. The summed E-state index contributed by atoms with van der Waals surface area (Å²) in [6.07, 6.45) is 2.22. The second kappa shape index (κ2) is 13.1. The van der Waals surface area contributed by atoms with E-state index in [0.717, 1.165) is 40.1 Å². The minimum Gasteiger partial charge on any atom is -0.481 e. The van der Waals surface area contributed by atoms with Crippen LogP contribution in [0.3, 0.4) is 0 Å². The third-order valence-electron chi connectivity index (χ3n) is 7.24. The average molecular weight is 568 g/mol. The number of benzene rings is 3. The van der Waals surface area contributed by atoms with Crippen molar-refractivity contribution in [2.24, 2.45) is 0 Å². The van der Waals surface area contributed by atoms with Crippen LogP contribution in [-0.4, -0.2) is 40.9 Å². The van der Waals surface area contributed by atoms with E-state index in [4.69, 9.17) is 28.3 Å². The summed E-state index contributed by atoms with van der Waals surface area (Å²) in [6, 6.07) is 20.6. The molecule has 3 aromatic carbocycles. The standard InChI is InChI=1S/C31H32Cl2N2O4/c1-2-4-26(20-7-9-22(10-8-20)30(38)34-17-15-28(36)37)29(21-11-13-24(32)14-12-21)31(39)35-18-16-25-23(19-35)5-3-6-27(25)33/h3,5-14,26,29H,2,4,15-19H2,1H3,(H,34,38)(H,36,37). The fourth-order valence-corrected chi connectivity index (χ4v) is 5.68. The van der Waals surface area contributed by atoms with Crippen LogP contribution in [0.15, 0.2) is 66.7 Å². The molecule has 8 heteroatoms. The quantitative estimate of drug-likeness (QED) is 0.295. The van der Waals surface area contributed by atoms with Crippen molar-refractivity contribution in [3.63, 3.8) is 0 Å². The Hall–Kier alpha value is -3.35. The Morgan fingerprint density at radius 3 is 2.33 bits per heavy atom. The Bertz CT molecular complexity index is 1330. The summed E-state index contributed by atoms with van der Waals surface area (Å²) in [5, 5.41) is 12.8. The summed E-state index contributed by atoms with van der Waals surface area (Å²) >= 11 is 12.6. The van der Waals surface area contributed by atoms with Crippen molar-refractivity contribution in [1.29, 1.82) is 0 Å². The van der Waals surface area contributed by atoms with Crippen LogP contribution in [0.1, 0.15) is 70.6 Å². The normalized spacial score (nSPS) is 14.3. The van der Waals surface area contributed by atoms with Gasteiger partial charge in [-0.05, 0) is 71.3 Å². The van der Waals surface area contributed by atoms with Crippen molar-refractivity contribution in [3.05, 3.63) is 105 Å². The lowest BCUT2D eigenvalue weighted by Gasteiger charge is -2.35. The molecule has 2 unspecified atom stereocenters. The van der Waals surface area contributed by atoms with Crippen LogP contribution in [0.5, 0.6) is 0 Å². The number of nitrogens with zero attached hydrogens (tertiary/aromatic N) is 1. The molecule has 204 valence electrons. The number of fused-ring (bicyclic) bond motifs is 1. The highest BCUT2D eigenvalue weighted by molar-refractivity contribution is 6.31. The maximum Gasteiger partial charge on any atom is 0.305 e. The minimum atomic E-state index is -0.966. The molecule has 6 nitrogen and oxygen atoms in total. The Labute approximate surface area is 238 Å². The van der Waals surface area contributed by atoms with Crippen LogP contribution >= 0.6 is 23.2 Å². The van der Waals surface area contributed by atoms with E-state index in [-0.39, 0.29) is 30.7 Å². The molecular formula is C31H32Cl2N2O4. The van der Waals surface area contributed by atoms with E-state index < -0.39 is 11.9 Å². The maximum atomic E-state index is 14.3. The first kappa shape index (κ1) is 28.7. The molecule has 4 rings (SSSR count).